The van der Waals surface area contributed by atoms with Crippen molar-refractivity contribution in [3.63, 3.8) is 0 Å². The van der Waals surface area contributed by atoms with E-state index >= 15 is 0 Å². The van der Waals surface area contributed by atoms with E-state index in [0.717, 1.165) is 0 Å². The lowest BCUT2D eigenvalue weighted by molar-refractivity contribution is -0.274. The molecule has 0 aliphatic carbocycles. The molecule has 138 valence electrons. The number of nitrogens with zero attached hydrogens (tertiary/aromatic N) is 3. The van der Waals surface area contributed by atoms with E-state index in [-0.39, 0.29) is 11.3 Å². The number of aromatic nitrogens is 3. The Morgan fingerprint density at radius 1 is 1.11 bits per heavy atom. The molecular weight excluding hydrogens is 432 g/mol. The highest BCUT2D eigenvalue weighted by atomic mass is 79.9. The van der Waals surface area contributed by atoms with Crippen molar-refractivity contribution in [2.24, 2.45) is 0 Å². The smallest absolute Gasteiger partial charge is 0.406 e. The predicted molar refractivity (Wildman–Crippen MR) is 94.6 cm³/mol. The molecule has 4 aromatic rings. The molecule has 1 N–H and O–H groups in total. The average Bonchev–Trinajstić information content (AvgIpc) is 3.04. The third kappa shape index (κ3) is 3.52. The van der Waals surface area contributed by atoms with Gasteiger partial charge in [0.25, 0.3) is 0 Å². The fourth-order valence-electron chi connectivity index (χ4n) is 2.67. The molecule has 0 radical (unpaired) electrons. The molecule has 2 aromatic heterocycles. The van der Waals surface area contributed by atoms with Crippen LogP contribution in [0.25, 0.3) is 16.7 Å². The number of benzene rings is 2. The summed E-state index contributed by atoms with van der Waals surface area (Å²) in [5.74, 6) is -0.471. The van der Waals surface area contributed by atoms with E-state index in [4.69, 9.17) is 0 Å². The Bertz CT molecular complexity index is 1140. The molecule has 0 amide bonds. The van der Waals surface area contributed by atoms with Gasteiger partial charge in [-0.25, -0.2) is 14.4 Å². The third-order valence-corrected chi connectivity index (χ3v) is 4.14. The van der Waals surface area contributed by atoms with Crippen LogP contribution in [0.2, 0.25) is 0 Å². The van der Waals surface area contributed by atoms with E-state index in [0.29, 0.717) is 27.1 Å². The predicted octanol–water partition coefficient (Wildman–Crippen LogP) is 5.43. The summed E-state index contributed by atoms with van der Waals surface area (Å²) >= 11 is 3.23. The van der Waals surface area contributed by atoms with Gasteiger partial charge in [-0.1, -0.05) is 15.9 Å². The summed E-state index contributed by atoms with van der Waals surface area (Å²) in [5, 5.41) is 2.99. The van der Waals surface area contributed by atoms with Crippen LogP contribution >= 0.6 is 15.9 Å². The lowest BCUT2D eigenvalue weighted by Gasteiger charge is -2.12. The van der Waals surface area contributed by atoms with Gasteiger partial charge in [-0.05, 0) is 36.4 Å². The second kappa shape index (κ2) is 6.38. The molecule has 27 heavy (non-hydrogen) atoms. The summed E-state index contributed by atoms with van der Waals surface area (Å²) in [6.45, 7) is 0. The Morgan fingerprint density at radius 2 is 1.85 bits per heavy atom. The zero-order valence-electron chi connectivity index (χ0n) is 13.3. The third-order valence-electron chi connectivity index (χ3n) is 3.68. The first-order valence-electron chi connectivity index (χ1n) is 7.55. The van der Waals surface area contributed by atoms with Crippen molar-refractivity contribution in [1.82, 2.24) is 14.4 Å². The summed E-state index contributed by atoms with van der Waals surface area (Å²) in [6.07, 6.45) is -1.65. The molecule has 0 saturated carbocycles. The Balaban J connectivity index is 1.74. The average molecular weight is 441 g/mol. The molecule has 5 nitrogen and oxygen atoms in total. The van der Waals surface area contributed by atoms with Crippen molar-refractivity contribution in [1.29, 1.82) is 0 Å². The topological polar surface area (TPSA) is 51.5 Å². The van der Waals surface area contributed by atoms with Gasteiger partial charge < -0.3 is 10.1 Å². The first kappa shape index (κ1) is 17.5. The van der Waals surface area contributed by atoms with Gasteiger partial charge in [-0.3, -0.25) is 4.40 Å². The number of halogens is 5. The van der Waals surface area contributed by atoms with Gasteiger partial charge in [-0.2, -0.15) is 0 Å². The molecule has 0 aliphatic rings. The summed E-state index contributed by atoms with van der Waals surface area (Å²) in [4.78, 5) is 8.58. The molecule has 0 aliphatic heterocycles. The fourth-order valence-corrected chi connectivity index (χ4v) is 3.08. The van der Waals surface area contributed by atoms with Gasteiger partial charge in [0.05, 0.1) is 5.52 Å². The second-order valence-electron chi connectivity index (χ2n) is 5.53. The van der Waals surface area contributed by atoms with E-state index in [1.54, 1.807) is 16.7 Å². The summed E-state index contributed by atoms with van der Waals surface area (Å²) in [6, 6.07) is 8.16. The minimum atomic E-state index is -4.76. The Kier molecular flexibility index (Phi) is 4.14. The van der Waals surface area contributed by atoms with E-state index in [9.17, 15) is 17.6 Å². The quantitative estimate of drug-likeness (QED) is 0.431. The van der Waals surface area contributed by atoms with Crippen LogP contribution in [0.5, 0.6) is 5.75 Å². The molecule has 0 unspecified atom stereocenters. The number of rotatable bonds is 3. The first-order chi connectivity index (χ1) is 12.8. The number of hydrogen-bond acceptors (Lipinski definition) is 4. The van der Waals surface area contributed by atoms with Gasteiger partial charge in [0, 0.05) is 22.6 Å². The lowest BCUT2D eigenvalue weighted by atomic mass is 10.2. The normalized spacial score (nSPS) is 11.9. The highest BCUT2D eigenvalue weighted by Gasteiger charge is 2.31. The zero-order valence-corrected chi connectivity index (χ0v) is 14.8. The van der Waals surface area contributed by atoms with Crippen LogP contribution in [0, 0.1) is 5.82 Å². The molecule has 0 fully saturated rings. The summed E-state index contributed by atoms with van der Waals surface area (Å²) < 4.78 is 57.0. The number of fused-ring (bicyclic) bond motifs is 3. The monoisotopic (exact) mass is 440 g/mol. The van der Waals surface area contributed by atoms with Crippen molar-refractivity contribution >= 4 is 44.1 Å². The second-order valence-corrected chi connectivity index (χ2v) is 6.45. The Labute approximate surface area is 157 Å². The molecule has 0 spiro atoms. The maximum absolute atomic E-state index is 14.3. The van der Waals surface area contributed by atoms with Crippen molar-refractivity contribution < 1.29 is 22.3 Å². The Morgan fingerprint density at radius 3 is 2.56 bits per heavy atom. The number of alkyl halides is 3. The summed E-state index contributed by atoms with van der Waals surface area (Å²) in [7, 11) is 0. The highest BCUT2D eigenvalue weighted by Crippen LogP contribution is 2.29. The minimum absolute atomic E-state index is 0.269. The van der Waals surface area contributed by atoms with Crippen molar-refractivity contribution in [2.75, 3.05) is 5.32 Å². The van der Waals surface area contributed by atoms with Crippen LogP contribution < -0.4 is 10.1 Å². The maximum Gasteiger partial charge on any atom is 0.573 e. The van der Waals surface area contributed by atoms with Crippen LogP contribution in [0.4, 0.5) is 29.1 Å². The SMILES string of the molecule is Fc1cc(Br)cc2nc(Nc3ccc(OC(F)(F)F)cc3)c3nccn3c12. The molecule has 4 rings (SSSR count). The van der Waals surface area contributed by atoms with Crippen LogP contribution in [-0.4, -0.2) is 20.7 Å². The van der Waals surface area contributed by atoms with Crippen molar-refractivity contribution in [2.45, 2.75) is 6.36 Å². The fraction of sp³-hybridized carbons (Fsp3) is 0.0588. The zero-order chi connectivity index (χ0) is 19.2. The van der Waals surface area contributed by atoms with E-state index in [2.05, 4.69) is 36.0 Å². The number of ether oxygens (including phenoxy) is 1. The molecule has 0 saturated heterocycles. The molecular formula is C17H9BrF4N4O. The van der Waals surface area contributed by atoms with Crippen LogP contribution in [0.15, 0.2) is 53.3 Å². The van der Waals surface area contributed by atoms with E-state index < -0.39 is 12.2 Å². The van der Waals surface area contributed by atoms with Gasteiger partial charge in [-0.15, -0.1) is 13.2 Å². The number of nitrogens with one attached hydrogen (secondary N) is 1. The van der Waals surface area contributed by atoms with E-state index in [1.807, 2.05) is 0 Å². The number of imidazole rings is 1. The molecule has 0 bridgehead atoms. The maximum atomic E-state index is 14.3. The van der Waals surface area contributed by atoms with Gasteiger partial charge in [0.15, 0.2) is 17.3 Å². The highest BCUT2D eigenvalue weighted by molar-refractivity contribution is 9.10. The molecule has 2 heterocycles. The Hall–Kier alpha value is -2.88. The first-order valence-corrected chi connectivity index (χ1v) is 8.34. The van der Waals surface area contributed by atoms with E-state index in [1.165, 1.54) is 36.5 Å². The molecule has 2 aromatic carbocycles. The largest absolute Gasteiger partial charge is 0.573 e. The van der Waals surface area contributed by atoms with Gasteiger partial charge in [0.2, 0.25) is 0 Å². The van der Waals surface area contributed by atoms with Crippen molar-refractivity contribution in [3.8, 4) is 5.75 Å². The van der Waals surface area contributed by atoms with Gasteiger partial charge >= 0.3 is 6.36 Å². The number of anilines is 2. The van der Waals surface area contributed by atoms with Crippen LogP contribution in [0.1, 0.15) is 0 Å². The lowest BCUT2D eigenvalue weighted by Crippen LogP contribution is -2.17. The van der Waals surface area contributed by atoms with Crippen molar-refractivity contribution in [3.05, 3.63) is 59.1 Å². The van der Waals surface area contributed by atoms with Gasteiger partial charge in [0.1, 0.15) is 11.3 Å². The minimum Gasteiger partial charge on any atom is -0.406 e. The standard InChI is InChI=1S/C17H9BrF4N4O/c18-9-7-12(19)14-13(8-9)25-15(16-23-5-6-26(14)16)24-10-1-3-11(4-2-10)27-17(20,21)22/h1-8H,(H,24,25). The molecule has 0 atom stereocenters. The number of hydrogen-bond donors (Lipinski definition) is 1. The van der Waals surface area contributed by atoms with Crippen LogP contribution in [0.3, 0.4) is 0 Å². The summed E-state index contributed by atoms with van der Waals surface area (Å²) in [5.41, 5.74) is 1.49. The molecule has 10 heteroatoms. The van der Waals surface area contributed by atoms with Crippen LogP contribution in [-0.2, 0) is 0 Å².